The van der Waals surface area contributed by atoms with Crippen molar-refractivity contribution in [3.63, 3.8) is 0 Å². The van der Waals surface area contributed by atoms with Gasteiger partial charge in [0.1, 0.15) is 12.2 Å². The number of esters is 1. The smallest absolute Gasteiger partial charge is 0.485 e. The highest BCUT2D eigenvalue weighted by Gasteiger charge is 2.36. The van der Waals surface area contributed by atoms with Crippen molar-refractivity contribution in [1.29, 1.82) is 0 Å². The van der Waals surface area contributed by atoms with Gasteiger partial charge in [0.05, 0.1) is 24.4 Å². The average molecular weight is 531 g/mol. The highest BCUT2D eigenvalue weighted by Crippen LogP contribution is 2.42. The summed E-state index contributed by atoms with van der Waals surface area (Å²) < 4.78 is 56.9. The van der Waals surface area contributed by atoms with Gasteiger partial charge in [-0.1, -0.05) is 37.3 Å². The third kappa shape index (κ3) is 5.64. The minimum atomic E-state index is -4.96. The fourth-order valence-electron chi connectivity index (χ4n) is 4.24. The number of ether oxygens (including phenoxy) is 3. The number of fused-ring (bicyclic) bond motifs is 3. The summed E-state index contributed by atoms with van der Waals surface area (Å²) in [7, 11) is 0. The predicted molar refractivity (Wildman–Crippen MR) is 136 cm³/mol. The molecule has 0 N–H and O–H groups in total. The summed E-state index contributed by atoms with van der Waals surface area (Å²) in [5, 5.41) is 1.96. The van der Waals surface area contributed by atoms with E-state index in [9.17, 15) is 22.8 Å². The van der Waals surface area contributed by atoms with E-state index in [4.69, 9.17) is 9.47 Å². The highest BCUT2D eigenvalue weighted by atomic mass is 19.4. The van der Waals surface area contributed by atoms with Crippen molar-refractivity contribution in [2.45, 2.75) is 59.2 Å². The van der Waals surface area contributed by atoms with Crippen molar-refractivity contribution in [3.05, 3.63) is 81.6 Å². The fourth-order valence-corrected chi connectivity index (χ4v) is 4.24. The average Bonchev–Trinajstić information content (AvgIpc) is 2.86. The first kappa shape index (κ1) is 27.1. The second-order valence-electron chi connectivity index (χ2n) is 9.50. The lowest BCUT2D eigenvalue weighted by atomic mass is 9.95. The van der Waals surface area contributed by atoms with Crippen LogP contribution in [0.15, 0.2) is 59.5 Å². The Hall–Kier alpha value is -3.95. The molecule has 0 aliphatic carbocycles. The molecule has 4 rings (SSSR count). The third-order valence-electron chi connectivity index (χ3n) is 6.58. The van der Waals surface area contributed by atoms with E-state index in [0.29, 0.717) is 23.2 Å². The summed E-state index contributed by atoms with van der Waals surface area (Å²) in [5.74, 6) is -1.36. The SMILES string of the molecule is CCOC(=O)c1cn2c(cc1=O)-c1cc(OC(F)(F)F)c(OCc3ccccc3)cc1CN2C(C)(C)CC. The van der Waals surface area contributed by atoms with E-state index in [1.807, 2.05) is 44.0 Å². The molecule has 38 heavy (non-hydrogen) atoms. The van der Waals surface area contributed by atoms with Crippen molar-refractivity contribution < 1.29 is 32.2 Å². The first-order valence-electron chi connectivity index (χ1n) is 12.2. The third-order valence-corrected chi connectivity index (χ3v) is 6.58. The van der Waals surface area contributed by atoms with Crippen LogP contribution < -0.4 is 19.9 Å². The Bertz CT molecular complexity index is 1380. The quantitative estimate of drug-likeness (QED) is 0.343. The number of halogens is 3. The highest BCUT2D eigenvalue weighted by molar-refractivity contribution is 5.89. The van der Waals surface area contributed by atoms with Gasteiger partial charge in [0.25, 0.3) is 0 Å². The number of aromatic nitrogens is 1. The number of carbonyl (C=O) groups is 1. The maximum atomic E-state index is 13.4. The summed E-state index contributed by atoms with van der Waals surface area (Å²) in [5.41, 5.74) is 0.914. The van der Waals surface area contributed by atoms with Gasteiger partial charge in [0.2, 0.25) is 0 Å². The summed E-state index contributed by atoms with van der Waals surface area (Å²) in [4.78, 5) is 25.4. The molecule has 0 radical (unpaired) electrons. The van der Waals surface area contributed by atoms with E-state index in [0.717, 1.165) is 5.56 Å². The molecule has 2 aromatic carbocycles. The van der Waals surface area contributed by atoms with Gasteiger partial charge in [-0.2, -0.15) is 0 Å². The maximum Gasteiger partial charge on any atom is 0.573 e. The van der Waals surface area contributed by atoms with Crippen LogP contribution in [0.3, 0.4) is 0 Å². The Morgan fingerprint density at radius 2 is 1.74 bits per heavy atom. The molecule has 10 heteroatoms. The van der Waals surface area contributed by atoms with Crippen molar-refractivity contribution >= 4 is 5.97 Å². The zero-order valence-corrected chi connectivity index (χ0v) is 21.6. The summed E-state index contributed by atoms with van der Waals surface area (Å²) >= 11 is 0. The minimum absolute atomic E-state index is 0.0386. The molecule has 0 atom stereocenters. The number of nitrogens with zero attached hydrogens (tertiary/aromatic N) is 2. The molecule has 1 aromatic heterocycles. The van der Waals surface area contributed by atoms with Crippen LogP contribution >= 0.6 is 0 Å². The normalized spacial score (nSPS) is 13.0. The number of carbonyl (C=O) groups excluding carboxylic acids is 1. The van der Waals surface area contributed by atoms with Gasteiger partial charge in [0.15, 0.2) is 16.9 Å². The molecule has 2 heterocycles. The zero-order chi connectivity index (χ0) is 27.7. The van der Waals surface area contributed by atoms with Gasteiger partial charge in [-0.3, -0.25) is 9.47 Å². The Morgan fingerprint density at radius 3 is 2.37 bits per heavy atom. The Morgan fingerprint density at radius 1 is 1.03 bits per heavy atom. The molecule has 1 aliphatic rings. The van der Waals surface area contributed by atoms with Crippen molar-refractivity contribution in [1.82, 2.24) is 4.68 Å². The Balaban J connectivity index is 1.88. The van der Waals surface area contributed by atoms with Crippen LogP contribution in [0.25, 0.3) is 11.3 Å². The Labute approximate surface area is 218 Å². The van der Waals surface area contributed by atoms with E-state index >= 15 is 0 Å². The molecule has 0 spiro atoms. The molecule has 0 amide bonds. The van der Waals surface area contributed by atoms with E-state index in [2.05, 4.69) is 4.74 Å². The van der Waals surface area contributed by atoms with Gasteiger partial charge in [-0.05, 0) is 50.5 Å². The molecule has 3 aromatic rings. The molecular weight excluding hydrogens is 501 g/mol. The molecule has 0 saturated heterocycles. The molecule has 0 unspecified atom stereocenters. The topological polar surface area (TPSA) is 70.0 Å². The van der Waals surface area contributed by atoms with Crippen LogP contribution in [-0.2, 0) is 17.9 Å². The van der Waals surface area contributed by atoms with Gasteiger partial charge < -0.3 is 19.2 Å². The number of rotatable bonds is 8. The summed E-state index contributed by atoms with van der Waals surface area (Å²) in [6, 6.07) is 13.0. The van der Waals surface area contributed by atoms with Crippen LogP contribution in [0, 0.1) is 0 Å². The predicted octanol–water partition coefficient (Wildman–Crippen LogP) is 5.81. The summed E-state index contributed by atoms with van der Waals surface area (Å²) in [6.07, 6.45) is -2.87. The molecule has 0 fully saturated rings. The molecule has 7 nitrogen and oxygen atoms in total. The molecule has 0 bridgehead atoms. The van der Waals surface area contributed by atoms with Crippen molar-refractivity contribution in [2.24, 2.45) is 0 Å². The van der Waals surface area contributed by atoms with Gasteiger partial charge in [-0.15, -0.1) is 13.2 Å². The first-order valence-corrected chi connectivity index (χ1v) is 12.2. The van der Waals surface area contributed by atoms with Crippen LogP contribution in [0.5, 0.6) is 11.5 Å². The number of hydrogen-bond acceptors (Lipinski definition) is 6. The lowest BCUT2D eigenvalue weighted by molar-refractivity contribution is -0.275. The number of alkyl halides is 3. The monoisotopic (exact) mass is 530 g/mol. The second-order valence-corrected chi connectivity index (χ2v) is 9.50. The lowest BCUT2D eigenvalue weighted by Crippen LogP contribution is -2.52. The fraction of sp³-hybridized carbons (Fsp3) is 0.357. The zero-order valence-electron chi connectivity index (χ0n) is 21.6. The molecule has 202 valence electrons. The minimum Gasteiger partial charge on any atom is -0.485 e. The van der Waals surface area contributed by atoms with E-state index in [-0.39, 0.29) is 31.1 Å². The summed E-state index contributed by atoms with van der Waals surface area (Å²) in [6.45, 7) is 8.04. The van der Waals surface area contributed by atoms with Crippen LogP contribution in [0.4, 0.5) is 13.2 Å². The number of hydrogen-bond donors (Lipinski definition) is 0. The van der Waals surface area contributed by atoms with Crippen molar-refractivity contribution in [2.75, 3.05) is 11.6 Å². The van der Waals surface area contributed by atoms with Crippen molar-refractivity contribution in [3.8, 4) is 22.8 Å². The van der Waals surface area contributed by atoms with Crippen LogP contribution in [0.2, 0.25) is 0 Å². The van der Waals surface area contributed by atoms with Gasteiger partial charge in [-0.25, -0.2) is 4.79 Å². The van der Waals surface area contributed by atoms with Gasteiger partial charge >= 0.3 is 12.3 Å². The molecule has 0 saturated carbocycles. The van der Waals surface area contributed by atoms with Gasteiger partial charge in [0, 0.05) is 17.8 Å². The largest absolute Gasteiger partial charge is 0.573 e. The number of pyridine rings is 1. The van der Waals surface area contributed by atoms with Crippen LogP contribution in [-0.4, -0.2) is 29.2 Å². The maximum absolute atomic E-state index is 13.4. The molecule has 1 aliphatic heterocycles. The van der Waals surface area contributed by atoms with E-state index < -0.39 is 29.0 Å². The Kier molecular flexibility index (Phi) is 7.44. The first-order chi connectivity index (χ1) is 17.9. The van der Waals surface area contributed by atoms with E-state index in [1.54, 1.807) is 23.7 Å². The molecular formula is C28H29F3N2O5. The van der Waals surface area contributed by atoms with E-state index in [1.165, 1.54) is 24.4 Å². The second kappa shape index (κ2) is 10.4. The lowest BCUT2D eigenvalue weighted by Gasteiger charge is -2.45. The van der Waals surface area contributed by atoms with Crippen LogP contribution in [0.1, 0.15) is 55.6 Å². The number of benzene rings is 2. The standard InChI is InChI=1S/C28H29F3N2O5/c1-5-27(3,4)33-15-19-12-24(37-17-18-10-8-7-9-11-18)25(38-28(29,30)31)13-20(19)22-14-23(34)21(16-32(22)33)26(35)36-6-2/h7-14,16H,5-6,15,17H2,1-4H3.